The van der Waals surface area contributed by atoms with Gasteiger partial charge in [0.1, 0.15) is 0 Å². The van der Waals surface area contributed by atoms with Gasteiger partial charge in [-0.1, -0.05) is 41.6 Å². The number of rotatable bonds is 4. The van der Waals surface area contributed by atoms with Crippen LogP contribution in [0.15, 0.2) is 30.3 Å². The van der Waals surface area contributed by atoms with Gasteiger partial charge in [-0.2, -0.15) is 5.26 Å². The van der Waals surface area contributed by atoms with Crippen LogP contribution in [0.1, 0.15) is 12.8 Å². The van der Waals surface area contributed by atoms with Gasteiger partial charge in [0, 0.05) is 6.42 Å². The van der Waals surface area contributed by atoms with Crippen LogP contribution in [-0.2, 0) is 0 Å². The fourth-order valence-electron chi connectivity index (χ4n) is 1.18. The zero-order valence-corrected chi connectivity index (χ0v) is 8.58. The maximum absolute atomic E-state index is 8.33. The van der Waals surface area contributed by atoms with E-state index in [1.54, 1.807) is 0 Å². The number of nitrogens with zero attached hydrogens (tertiary/aromatic N) is 1. The molecule has 12 heavy (non-hydrogen) atoms. The maximum atomic E-state index is 8.33. The molecule has 0 aliphatic rings. The molecule has 0 aliphatic heterocycles. The van der Waals surface area contributed by atoms with Crippen LogP contribution in [0, 0.1) is 11.3 Å². The van der Waals surface area contributed by atoms with Crippen molar-refractivity contribution in [3.63, 3.8) is 0 Å². The van der Waals surface area contributed by atoms with Crippen LogP contribution in [0.25, 0.3) is 0 Å². The maximum Gasteiger partial charge on any atom is 0.0621 e. The standard InChI is InChI=1S/C10H13NSi/c11-8-4-5-9-12-10-6-2-1-3-7-10/h1-3,6-7H,4-5,9,12H2. The highest BCUT2D eigenvalue weighted by atomic mass is 28.2. The van der Waals surface area contributed by atoms with Crippen molar-refractivity contribution >= 4 is 14.7 Å². The second kappa shape index (κ2) is 5.56. The molecular formula is C10H13NSi. The Balaban J connectivity index is 2.21. The number of nitriles is 1. The van der Waals surface area contributed by atoms with E-state index in [0.717, 1.165) is 12.8 Å². The fourth-order valence-corrected chi connectivity index (χ4v) is 2.69. The van der Waals surface area contributed by atoms with Crippen LogP contribution in [0.4, 0.5) is 0 Å². The molecule has 0 heterocycles. The van der Waals surface area contributed by atoms with E-state index in [1.165, 1.54) is 11.2 Å². The zero-order valence-electron chi connectivity index (χ0n) is 7.16. The van der Waals surface area contributed by atoms with Gasteiger partial charge in [-0.3, -0.25) is 0 Å². The molecule has 1 aromatic rings. The van der Waals surface area contributed by atoms with Gasteiger partial charge in [-0.15, -0.1) is 0 Å². The summed E-state index contributed by atoms with van der Waals surface area (Å²) >= 11 is 0. The van der Waals surface area contributed by atoms with Gasteiger partial charge in [0.05, 0.1) is 15.6 Å². The fraction of sp³-hybridized carbons (Fsp3) is 0.300. The van der Waals surface area contributed by atoms with E-state index >= 15 is 0 Å². The molecular weight excluding hydrogens is 162 g/mol. The third-order valence-corrected chi connectivity index (χ3v) is 3.75. The molecule has 62 valence electrons. The largest absolute Gasteiger partial charge is 0.198 e. The van der Waals surface area contributed by atoms with Crippen LogP contribution in [0.2, 0.25) is 6.04 Å². The Morgan fingerprint density at radius 3 is 2.67 bits per heavy atom. The van der Waals surface area contributed by atoms with Gasteiger partial charge in [0.25, 0.3) is 0 Å². The van der Waals surface area contributed by atoms with Gasteiger partial charge >= 0.3 is 0 Å². The molecule has 1 nitrogen and oxygen atoms in total. The number of hydrogen-bond donors (Lipinski definition) is 0. The first-order valence-electron chi connectivity index (χ1n) is 4.34. The van der Waals surface area contributed by atoms with Crippen molar-refractivity contribution in [3.05, 3.63) is 30.3 Å². The molecule has 0 aliphatic carbocycles. The van der Waals surface area contributed by atoms with E-state index in [4.69, 9.17) is 5.26 Å². The topological polar surface area (TPSA) is 23.8 Å². The van der Waals surface area contributed by atoms with Crippen LogP contribution in [-0.4, -0.2) is 9.52 Å². The Hall–Kier alpha value is -1.07. The van der Waals surface area contributed by atoms with E-state index in [0.29, 0.717) is 0 Å². The zero-order chi connectivity index (χ0) is 8.65. The average molecular weight is 175 g/mol. The monoisotopic (exact) mass is 175 g/mol. The van der Waals surface area contributed by atoms with Crippen LogP contribution < -0.4 is 5.19 Å². The molecule has 2 heteroatoms. The molecule has 0 aromatic heterocycles. The molecule has 0 bridgehead atoms. The molecule has 0 saturated carbocycles. The number of hydrogen-bond acceptors (Lipinski definition) is 1. The lowest BCUT2D eigenvalue weighted by atomic mass is 10.4. The van der Waals surface area contributed by atoms with E-state index in [1.807, 2.05) is 6.07 Å². The molecule has 0 atom stereocenters. The van der Waals surface area contributed by atoms with Gasteiger partial charge in [-0.25, -0.2) is 0 Å². The van der Waals surface area contributed by atoms with Crippen LogP contribution in [0.5, 0.6) is 0 Å². The van der Waals surface area contributed by atoms with Gasteiger partial charge in [0.2, 0.25) is 0 Å². The Morgan fingerprint density at radius 2 is 2.00 bits per heavy atom. The summed E-state index contributed by atoms with van der Waals surface area (Å²) < 4.78 is 0. The first kappa shape index (κ1) is 9.02. The molecule has 0 N–H and O–H groups in total. The third-order valence-electron chi connectivity index (χ3n) is 1.85. The van der Waals surface area contributed by atoms with E-state index in [9.17, 15) is 0 Å². The molecule has 0 amide bonds. The van der Waals surface area contributed by atoms with Crippen molar-refractivity contribution in [2.75, 3.05) is 0 Å². The summed E-state index contributed by atoms with van der Waals surface area (Å²) in [6.45, 7) is 0. The Labute approximate surface area is 75.9 Å². The predicted molar refractivity (Wildman–Crippen MR) is 54.3 cm³/mol. The summed E-state index contributed by atoms with van der Waals surface area (Å²) in [6.07, 6.45) is 1.80. The van der Waals surface area contributed by atoms with Crippen molar-refractivity contribution in [2.45, 2.75) is 18.9 Å². The van der Waals surface area contributed by atoms with Crippen molar-refractivity contribution in [3.8, 4) is 6.07 Å². The third kappa shape index (κ3) is 3.36. The quantitative estimate of drug-likeness (QED) is 0.498. The summed E-state index contributed by atoms with van der Waals surface area (Å²) in [5.41, 5.74) is 0. The minimum atomic E-state index is -0.0828. The molecule has 1 rings (SSSR count). The Bertz CT molecular complexity index is 250. The van der Waals surface area contributed by atoms with Gasteiger partial charge in [-0.05, 0) is 6.42 Å². The van der Waals surface area contributed by atoms with Crippen molar-refractivity contribution < 1.29 is 0 Å². The Morgan fingerprint density at radius 1 is 1.25 bits per heavy atom. The lowest BCUT2D eigenvalue weighted by Crippen LogP contribution is -2.11. The molecule has 0 fully saturated rings. The summed E-state index contributed by atoms with van der Waals surface area (Å²) in [5.74, 6) is 0. The summed E-state index contributed by atoms with van der Waals surface area (Å²) in [6, 6.07) is 14.1. The lowest BCUT2D eigenvalue weighted by Gasteiger charge is -1.96. The minimum Gasteiger partial charge on any atom is -0.198 e. The first-order chi connectivity index (χ1) is 5.93. The van der Waals surface area contributed by atoms with E-state index < -0.39 is 0 Å². The molecule has 1 aromatic carbocycles. The summed E-state index contributed by atoms with van der Waals surface area (Å²) in [7, 11) is -0.0828. The van der Waals surface area contributed by atoms with E-state index in [-0.39, 0.29) is 9.52 Å². The highest BCUT2D eigenvalue weighted by Crippen LogP contribution is 1.93. The van der Waals surface area contributed by atoms with Crippen molar-refractivity contribution in [1.29, 1.82) is 5.26 Å². The SMILES string of the molecule is N#CCCC[SiH2]c1ccccc1. The number of benzene rings is 1. The minimum absolute atomic E-state index is 0.0828. The Kier molecular flexibility index (Phi) is 4.18. The van der Waals surface area contributed by atoms with Crippen LogP contribution in [0.3, 0.4) is 0 Å². The first-order valence-corrected chi connectivity index (χ1v) is 6.05. The van der Waals surface area contributed by atoms with Gasteiger partial charge in [0.15, 0.2) is 0 Å². The summed E-state index contributed by atoms with van der Waals surface area (Å²) in [4.78, 5) is 0. The van der Waals surface area contributed by atoms with Crippen molar-refractivity contribution in [1.82, 2.24) is 0 Å². The smallest absolute Gasteiger partial charge is 0.0621 e. The molecule has 0 spiro atoms. The highest BCUT2D eigenvalue weighted by Gasteiger charge is 1.91. The van der Waals surface area contributed by atoms with E-state index in [2.05, 4.69) is 30.3 Å². The highest BCUT2D eigenvalue weighted by molar-refractivity contribution is 6.53. The average Bonchev–Trinajstić information content (AvgIpc) is 2.14. The van der Waals surface area contributed by atoms with Gasteiger partial charge < -0.3 is 0 Å². The molecule has 0 saturated heterocycles. The summed E-state index contributed by atoms with van der Waals surface area (Å²) in [5, 5.41) is 9.84. The second-order valence-corrected chi connectivity index (χ2v) is 4.87. The molecule has 0 unspecified atom stereocenters. The lowest BCUT2D eigenvalue weighted by molar-refractivity contribution is 0.962. The predicted octanol–water partition coefficient (Wildman–Crippen LogP) is 1.20. The van der Waals surface area contributed by atoms with Crippen LogP contribution >= 0.6 is 0 Å². The second-order valence-electron chi connectivity index (χ2n) is 2.85. The van der Waals surface area contributed by atoms with Crippen molar-refractivity contribution in [2.24, 2.45) is 0 Å². The molecule has 0 radical (unpaired) electrons. The normalized spacial score (nSPS) is 10.2. The number of unbranched alkanes of at least 4 members (excludes halogenated alkanes) is 1.